The van der Waals surface area contributed by atoms with E-state index in [0.717, 1.165) is 16.9 Å². The Hall–Kier alpha value is -4.10. The van der Waals surface area contributed by atoms with E-state index in [4.69, 9.17) is 21.1 Å². The van der Waals surface area contributed by atoms with Gasteiger partial charge in [-0.15, -0.1) is 0 Å². The fourth-order valence-electron chi connectivity index (χ4n) is 3.30. The van der Waals surface area contributed by atoms with Crippen LogP contribution in [0.3, 0.4) is 0 Å². The van der Waals surface area contributed by atoms with Crippen molar-refractivity contribution in [2.75, 3.05) is 31.0 Å². The Kier molecular flexibility index (Phi) is 7.57. The third kappa shape index (κ3) is 5.82. The molecule has 4 rings (SSSR count). The van der Waals surface area contributed by atoms with Crippen molar-refractivity contribution < 1.29 is 9.47 Å². The van der Waals surface area contributed by atoms with Gasteiger partial charge in [-0.25, -0.2) is 9.97 Å². The first kappa shape index (κ1) is 23.1. The van der Waals surface area contributed by atoms with Crippen LogP contribution in [-0.4, -0.2) is 35.7 Å². The van der Waals surface area contributed by atoms with Gasteiger partial charge in [0.15, 0.2) is 11.5 Å². The van der Waals surface area contributed by atoms with Gasteiger partial charge >= 0.3 is 0 Å². The third-order valence-corrected chi connectivity index (χ3v) is 5.23. The molecule has 172 valence electrons. The standard InChI is InChI=1S/C26H24ClN5O2/c1-33-23-15-12-21(17-24(23)34-2)30-25-28-18-29-26(31-25)32(22-13-10-20(27)11-14-22)16-6-9-19-7-4-3-5-8-19/h3-15,17-18H,16H2,1-2H3,(H,28,29,30,31). The summed E-state index contributed by atoms with van der Waals surface area (Å²) in [4.78, 5) is 15.3. The molecule has 1 aromatic heterocycles. The van der Waals surface area contributed by atoms with Crippen LogP contribution >= 0.6 is 11.6 Å². The van der Waals surface area contributed by atoms with Crippen LogP contribution in [0.15, 0.2) is 85.2 Å². The summed E-state index contributed by atoms with van der Waals surface area (Å²) in [5, 5.41) is 3.87. The number of benzene rings is 3. The van der Waals surface area contributed by atoms with Gasteiger partial charge in [-0.3, -0.25) is 0 Å². The number of nitrogens with one attached hydrogen (secondary N) is 1. The molecule has 7 nitrogen and oxygen atoms in total. The predicted molar refractivity (Wildman–Crippen MR) is 137 cm³/mol. The second kappa shape index (κ2) is 11.2. The summed E-state index contributed by atoms with van der Waals surface area (Å²) >= 11 is 6.11. The van der Waals surface area contributed by atoms with E-state index in [0.29, 0.717) is 35.0 Å². The van der Waals surface area contributed by atoms with Crippen molar-refractivity contribution in [3.63, 3.8) is 0 Å². The maximum absolute atomic E-state index is 6.11. The zero-order valence-electron chi connectivity index (χ0n) is 18.9. The van der Waals surface area contributed by atoms with Crippen LogP contribution < -0.4 is 19.7 Å². The van der Waals surface area contributed by atoms with Gasteiger partial charge in [-0.2, -0.15) is 4.98 Å². The van der Waals surface area contributed by atoms with Gasteiger partial charge in [0.1, 0.15) is 6.33 Å². The van der Waals surface area contributed by atoms with Crippen LogP contribution in [-0.2, 0) is 0 Å². The highest BCUT2D eigenvalue weighted by Gasteiger charge is 2.13. The molecule has 3 aromatic carbocycles. The van der Waals surface area contributed by atoms with E-state index >= 15 is 0 Å². The van der Waals surface area contributed by atoms with E-state index in [1.807, 2.05) is 65.6 Å². The molecule has 0 bridgehead atoms. The summed E-state index contributed by atoms with van der Waals surface area (Å²) in [5.74, 6) is 2.15. The molecule has 0 aliphatic heterocycles. The Bertz CT molecular complexity index is 1250. The van der Waals surface area contributed by atoms with Gasteiger partial charge in [-0.05, 0) is 42.0 Å². The molecule has 0 aliphatic rings. The van der Waals surface area contributed by atoms with Crippen LogP contribution in [0.25, 0.3) is 6.08 Å². The van der Waals surface area contributed by atoms with Gasteiger partial charge in [0.25, 0.3) is 0 Å². The van der Waals surface area contributed by atoms with Crippen molar-refractivity contribution in [1.29, 1.82) is 0 Å². The summed E-state index contributed by atoms with van der Waals surface area (Å²) in [5.41, 5.74) is 2.78. The molecule has 0 saturated heterocycles. The molecule has 0 saturated carbocycles. The maximum atomic E-state index is 6.11. The summed E-state index contributed by atoms with van der Waals surface area (Å²) in [6.45, 7) is 0.552. The zero-order chi connectivity index (χ0) is 23.8. The topological polar surface area (TPSA) is 72.4 Å². The monoisotopic (exact) mass is 473 g/mol. The Labute approximate surface area is 203 Å². The largest absolute Gasteiger partial charge is 0.493 e. The fourth-order valence-corrected chi connectivity index (χ4v) is 3.43. The third-order valence-electron chi connectivity index (χ3n) is 4.98. The highest BCUT2D eigenvalue weighted by atomic mass is 35.5. The molecule has 0 unspecified atom stereocenters. The first-order valence-corrected chi connectivity index (χ1v) is 11.0. The van der Waals surface area contributed by atoms with Gasteiger partial charge in [-0.1, -0.05) is 54.1 Å². The first-order valence-electron chi connectivity index (χ1n) is 10.6. The van der Waals surface area contributed by atoms with Crippen molar-refractivity contribution in [2.45, 2.75) is 0 Å². The molecule has 34 heavy (non-hydrogen) atoms. The molecule has 4 aromatic rings. The normalized spacial score (nSPS) is 10.8. The minimum absolute atomic E-state index is 0.406. The zero-order valence-corrected chi connectivity index (χ0v) is 19.6. The molecule has 1 N–H and O–H groups in total. The number of aromatic nitrogens is 3. The van der Waals surface area contributed by atoms with Crippen LogP contribution in [0, 0.1) is 0 Å². The van der Waals surface area contributed by atoms with E-state index in [1.54, 1.807) is 14.2 Å². The Morgan fingerprint density at radius 2 is 1.68 bits per heavy atom. The van der Waals surface area contributed by atoms with Crippen molar-refractivity contribution >= 4 is 40.9 Å². The number of rotatable bonds is 9. The van der Waals surface area contributed by atoms with Gasteiger partial charge in [0.2, 0.25) is 11.9 Å². The van der Waals surface area contributed by atoms with E-state index in [1.165, 1.54) is 6.33 Å². The van der Waals surface area contributed by atoms with E-state index in [-0.39, 0.29) is 0 Å². The number of hydrogen-bond donors (Lipinski definition) is 1. The fraction of sp³-hybridized carbons (Fsp3) is 0.115. The first-order chi connectivity index (χ1) is 16.7. The molecular weight excluding hydrogens is 450 g/mol. The van der Waals surface area contributed by atoms with Crippen molar-refractivity contribution in [1.82, 2.24) is 15.0 Å². The minimum atomic E-state index is 0.406. The summed E-state index contributed by atoms with van der Waals surface area (Å²) in [6.07, 6.45) is 5.61. The second-order valence-electron chi connectivity index (χ2n) is 7.20. The van der Waals surface area contributed by atoms with Gasteiger partial charge < -0.3 is 19.7 Å². The Balaban J connectivity index is 1.60. The number of hydrogen-bond acceptors (Lipinski definition) is 7. The summed E-state index contributed by atoms with van der Waals surface area (Å²) in [7, 11) is 3.19. The van der Waals surface area contributed by atoms with Crippen molar-refractivity contribution in [2.24, 2.45) is 0 Å². The lowest BCUT2D eigenvalue weighted by Crippen LogP contribution is -2.20. The van der Waals surface area contributed by atoms with Gasteiger partial charge in [0.05, 0.1) is 14.2 Å². The van der Waals surface area contributed by atoms with E-state index < -0.39 is 0 Å². The van der Waals surface area contributed by atoms with Crippen molar-refractivity contribution in [3.05, 3.63) is 95.8 Å². The molecule has 0 spiro atoms. The van der Waals surface area contributed by atoms with Crippen LogP contribution in [0.1, 0.15) is 5.56 Å². The molecular formula is C26H24ClN5O2. The Morgan fingerprint density at radius 3 is 2.41 bits per heavy atom. The molecule has 0 aliphatic carbocycles. The average Bonchev–Trinajstić information content (AvgIpc) is 2.88. The minimum Gasteiger partial charge on any atom is -0.493 e. The lowest BCUT2D eigenvalue weighted by molar-refractivity contribution is 0.355. The summed E-state index contributed by atoms with van der Waals surface area (Å²) in [6, 6.07) is 23.2. The Morgan fingerprint density at radius 1 is 0.912 bits per heavy atom. The SMILES string of the molecule is COc1ccc(Nc2ncnc(N(CC=Cc3ccccc3)c3ccc(Cl)cc3)n2)cc1OC. The smallest absolute Gasteiger partial charge is 0.235 e. The molecule has 0 amide bonds. The van der Waals surface area contributed by atoms with Crippen LogP contribution in [0.4, 0.5) is 23.3 Å². The second-order valence-corrected chi connectivity index (χ2v) is 7.64. The van der Waals surface area contributed by atoms with Crippen LogP contribution in [0.5, 0.6) is 11.5 Å². The lowest BCUT2D eigenvalue weighted by atomic mass is 10.2. The van der Waals surface area contributed by atoms with Crippen molar-refractivity contribution in [3.8, 4) is 11.5 Å². The van der Waals surface area contributed by atoms with Crippen LogP contribution in [0.2, 0.25) is 5.02 Å². The average molecular weight is 474 g/mol. The number of ether oxygens (including phenoxy) is 2. The molecule has 8 heteroatoms. The molecule has 0 fully saturated rings. The van der Waals surface area contributed by atoms with Gasteiger partial charge in [0, 0.05) is 29.0 Å². The highest BCUT2D eigenvalue weighted by Crippen LogP contribution is 2.31. The number of anilines is 4. The number of methoxy groups -OCH3 is 2. The van der Waals surface area contributed by atoms with E-state index in [2.05, 4.69) is 44.6 Å². The number of halogens is 1. The molecule has 1 heterocycles. The number of nitrogens with zero attached hydrogens (tertiary/aromatic N) is 4. The summed E-state index contributed by atoms with van der Waals surface area (Å²) < 4.78 is 10.7. The predicted octanol–water partition coefficient (Wildman–Crippen LogP) is 6.14. The lowest BCUT2D eigenvalue weighted by Gasteiger charge is -2.21. The molecule has 0 atom stereocenters. The maximum Gasteiger partial charge on any atom is 0.235 e. The quantitative estimate of drug-likeness (QED) is 0.313. The highest BCUT2D eigenvalue weighted by molar-refractivity contribution is 6.30. The molecule has 0 radical (unpaired) electrons. The van der Waals surface area contributed by atoms with E-state index in [9.17, 15) is 0 Å².